The molecule has 0 radical (unpaired) electrons. The van der Waals surface area contributed by atoms with Crippen molar-refractivity contribution in [1.82, 2.24) is 4.98 Å². The zero-order valence-electron chi connectivity index (χ0n) is 18.9. The molecule has 2 heterocycles. The Bertz CT molecular complexity index is 1470. The molecule has 3 aromatic carbocycles. The van der Waals surface area contributed by atoms with E-state index in [2.05, 4.69) is 4.98 Å². The number of aromatic nitrogens is 1. The molecule has 1 amide bonds. The number of ketones is 1. The average molecular weight is 471 g/mol. The Labute approximate surface area is 200 Å². The second-order valence-corrected chi connectivity index (χ2v) is 9.24. The number of benzene rings is 3. The highest BCUT2D eigenvalue weighted by atomic mass is 32.1. The van der Waals surface area contributed by atoms with Gasteiger partial charge in [-0.3, -0.25) is 14.5 Å². The fraction of sp³-hybridized carbons (Fsp3) is 0.148. The standard InChI is InChI=1S/C27H22N2O4S/c1-15-9-11-19-21(13-15)34-27(28-19)29-23(17-7-5-4-6-8-17)22(25(31)26(29)32)24(30)18-10-12-20(33-3)16(2)14-18/h4-14,23,30H,1-3H3/t23-/m0/s1. The quantitative estimate of drug-likeness (QED) is 0.240. The van der Waals surface area contributed by atoms with Crippen molar-refractivity contribution < 1.29 is 19.4 Å². The highest BCUT2D eigenvalue weighted by Gasteiger charge is 2.48. The summed E-state index contributed by atoms with van der Waals surface area (Å²) in [6.45, 7) is 3.85. The summed E-state index contributed by atoms with van der Waals surface area (Å²) in [5, 5.41) is 11.7. The topological polar surface area (TPSA) is 79.7 Å². The van der Waals surface area contributed by atoms with Crippen LogP contribution in [0.3, 0.4) is 0 Å². The molecule has 7 heteroatoms. The van der Waals surface area contributed by atoms with Gasteiger partial charge in [-0.25, -0.2) is 4.98 Å². The first-order valence-electron chi connectivity index (χ1n) is 10.8. The van der Waals surface area contributed by atoms with Gasteiger partial charge in [0.1, 0.15) is 11.5 Å². The molecule has 1 N–H and O–H groups in total. The minimum Gasteiger partial charge on any atom is -0.507 e. The smallest absolute Gasteiger partial charge is 0.301 e. The third kappa shape index (κ3) is 3.54. The Morgan fingerprint density at radius 3 is 2.50 bits per heavy atom. The molecule has 1 atom stereocenters. The lowest BCUT2D eigenvalue weighted by Crippen LogP contribution is -2.29. The van der Waals surface area contributed by atoms with Crippen LogP contribution in [0.5, 0.6) is 5.75 Å². The van der Waals surface area contributed by atoms with Gasteiger partial charge in [-0.15, -0.1) is 0 Å². The molecular formula is C27H22N2O4S. The van der Waals surface area contributed by atoms with Gasteiger partial charge in [-0.1, -0.05) is 47.7 Å². The maximum atomic E-state index is 13.3. The number of thiazole rings is 1. The van der Waals surface area contributed by atoms with Crippen LogP contribution >= 0.6 is 11.3 Å². The number of rotatable bonds is 4. The lowest BCUT2D eigenvalue weighted by atomic mass is 9.95. The summed E-state index contributed by atoms with van der Waals surface area (Å²) in [5.74, 6) is -1.01. The number of aryl methyl sites for hydroxylation is 2. The summed E-state index contributed by atoms with van der Waals surface area (Å²) in [7, 11) is 1.57. The van der Waals surface area contributed by atoms with Gasteiger partial charge in [0, 0.05) is 5.56 Å². The molecule has 0 unspecified atom stereocenters. The van der Waals surface area contributed by atoms with Gasteiger partial charge in [0.05, 0.1) is 28.9 Å². The Balaban J connectivity index is 1.71. The Morgan fingerprint density at radius 2 is 1.79 bits per heavy atom. The summed E-state index contributed by atoms with van der Waals surface area (Å²) in [6.07, 6.45) is 0. The van der Waals surface area contributed by atoms with Gasteiger partial charge in [-0.05, 0) is 60.9 Å². The molecule has 4 aromatic rings. The Kier molecular flexibility index (Phi) is 5.42. The minimum absolute atomic E-state index is 0.0382. The number of nitrogens with zero attached hydrogens (tertiary/aromatic N) is 2. The van der Waals surface area contributed by atoms with E-state index < -0.39 is 17.7 Å². The second-order valence-electron chi connectivity index (χ2n) is 8.23. The number of carbonyl (C=O) groups is 2. The van der Waals surface area contributed by atoms with Gasteiger partial charge in [-0.2, -0.15) is 0 Å². The maximum Gasteiger partial charge on any atom is 0.301 e. The van der Waals surface area contributed by atoms with Crippen molar-refractivity contribution in [1.29, 1.82) is 0 Å². The summed E-state index contributed by atoms with van der Waals surface area (Å²) >= 11 is 1.35. The van der Waals surface area contributed by atoms with E-state index >= 15 is 0 Å². The minimum atomic E-state index is -0.801. The molecule has 1 aliphatic rings. The third-order valence-corrected chi connectivity index (χ3v) is 6.98. The van der Waals surface area contributed by atoms with Crippen LogP contribution in [-0.4, -0.2) is 28.9 Å². The summed E-state index contributed by atoms with van der Waals surface area (Å²) in [4.78, 5) is 32.7. The number of ether oxygens (including phenoxy) is 1. The van der Waals surface area contributed by atoms with Crippen molar-refractivity contribution >= 4 is 44.1 Å². The predicted molar refractivity (Wildman–Crippen MR) is 133 cm³/mol. The summed E-state index contributed by atoms with van der Waals surface area (Å²) in [5.41, 5.74) is 3.83. The van der Waals surface area contributed by atoms with E-state index in [-0.39, 0.29) is 11.3 Å². The van der Waals surface area contributed by atoms with Gasteiger partial charge in [0.25, 0.3) is 5.78 Å². The first-order chi connectivity index (χ1) is 16.4. The van der Waals surface area contributed by atoms with Crippen LogP contribution in [0.25, 0.3) is 16.0 Å². The van der Waals surface area contributed by atoms with Gasteiger partial charge in [0.2, 0.25) is 0 Å². The molecule has 0 spiro atoms. The average Bonchev–Trinajstić information content (AvgIpc) is 3.37. The number of fused-ring (bicyclic) bond motifs is 1. The normalized spacial score (nSPS) is 17.5. The number of aliphatic hydroxyl groups excluding tert-OH is 1. The highest BCUT2D eigenvalue weighted by Crippen LogP contribution is 2.44. The first kappa shape index (κ1) is 21.9. The van der Waals surface area contributed by atoms with E-state index in [1.165, 1.54) is 16.2 Å². The predicted octanol–water partition coefficient (Wildman–Crippen LogP) is 5.55. The van der Waals surface area contributed by atoms with Crippen LogP contribution in [-0.2, 0) is 9.59 Å². The second kappa shape index (κ2) is 8.43. The lowest BCUT2D eigenvalue weighted by Gasteiger charge is -2.23. The molecule has 1 fully saturated rings. The molecule has 0 saturated carbocycles. The number of hydrogen-bond donors (Lipinski definition) is 1. The summed E-state index contributed by atoms with van der Waals surface area (Å²) < 4.78 is 6.24. The lowest BCUT2D eigenvalue weighted by molar-refractivity contribution is -0.132. The van der Waals surface area contributed by atoms with Gasteiger partial charge >= 0.3 is 5.91 Å². The van der Waals surface area contributed by atoms with Gasteiger partial charge in [0.15, 0.2) is 5.13 Å². The van der Waals surface area contributed by atoms with Crippen molar-refractivity contribution in [3.05, 3.63) is 94.6 Å². The van der Waals surface area contributed by atoms with Crippen LogP contribution in [0.1, 0.15) is 28.3 Å². The largest absolute Gasteiger partial charge is 0.507 e. The number of methoxy groups -OCH3 is 1. The molecule has 5 rings (SSSR count). The molecule has 1 aliphatic heterocycles. The number of anilines is 1. The number of carbonyl (C=O) groups excluding carboxylic acids is 2. The molecule has 170 valence electrons. The monoisotopic (exact) mass is 470 g/mol. The van der Waals surface area contributed by atoms with Crippen LogP contribution in [0.2, 0.25) is 0 Å². The molecule has 34 heavy (non-hydrogen) atoms. The maximum absolute atomic E-state index is 13.3. The van der Waals surface area contributed by atoms with Crippen molar-refractivity contribution in [2.75, 3.05) is 12.0 Å². The van der Waals surface area contributed by atoms with Crippen LogP contribution in [0.15, 0.2) is 72.3 Å². The van der Waals surface area contributed by atoms with Crippen molar-refractivity contribution in [3.63, 3.8) is 0 Å². The highest BCUT2D eigenvalue weighted by molar-refractivity contribution is 7.22. The number of aliphatic hydroxyl groups is 1. The molecule has 0 bridgehead atoms. The summed E-state index contributed by atoms with van der Waals surface area (Å²) in [6, 6.07) is 19.4. The van der Waals surface area contributed by atoms with E-state index in [1.54, 1.807) is 25.3 Å². The van der Waals surface area contributed by atoms with E-state index in [4.69, 9.17) is 4.74 Å². The van der Waals surface area contributed by atoms with Crippen molar-refractivity contribution in [3.8, 4) is 5.75 Å². The van der Waals surface area contributed by atoms with Gasteiger partial charge < -0.3 is 9.84 Å². The van der Waals surface area contributed by atoms with E-state index in [9.17, 15) is 14.7 Å². The van der Waals surface area contributed by atoms with Crippen LogP contribution in [0.4, 0.5) is 5.13 Å². The molecule has 0 aliphatic carbocycles. The third-order valence-electron chi connectivity index (χ3n) is 5.97. The van der Waals surface area contributed by atoms with Crippen LogP contribution < -0.4 is 9.64 Å². The molecular weight excluding hydrogens is 448 g/mol. The SMILES string of the molecule is COc1ccc(C(O)=C2C(=O)C(=O)N(c3nc4ccc(C)cc4s3)[C@H]2c2ccccc2)cc1C. The fourth-order valence-electron chi connectivity index (χ4n) is 4.28. The van der Waals surface area contributed by atoms with E-state index in [0.29, 0.717) is 22.0 Å². The van der Waals surface area contributed by atoms with Crippen molar-refractivity contribution in [2.45, 2.75) is 19.9 Å². The molecule has 1 saturated heterocycles. The zero-order valence-corrected chi connectivity index (χ0v) is 19.7. The van der Waals surface area contributed by atoms with Crippen molar-refractivity contribution in [2.24, 2.45) is 0 Å². The molecule has 1 aromatic heterocycles. The Hall–Kier alpha value is -3.97. The Morgan fingerprint density at radius 1 is 1.03 bits per heavy atom. The fourth-order valence-corrected chi connectivity index (χ4v) is 5.37. The molecule has 6 nitrogen and oxygen atoms in total. The number of amides is 1. The zero-order chi connectivity index (χ0) is 24.0. The number of hydrogen-bond acceptors (Lipinski definition) is 6. The van der Waals surface area contributed by atoms with E-state index in [0.717, 1.165) is 21.3 Å². The first-order valence-corrected chi connectivity index (χ1v) is 11.6. The number of Topliss-reactive ketones (excluding diaryl/α,β-unsaturated/α-hetero) is 1. The van der Waals surface area contributed by atoms with E-state index in [1.807, 2.05) is 62.4 Å². The van der Waals surface area contributed by atoms with Crippen LogP contribution in [0, 0.1) is 13.8 Å².